The normalized spacial score (nSPS) is 11.4. The van der Waals surface area contributed by atoms with E-state index in [9.17, 15) is 4.79 Å². The first kappa shape index (κ1) is 9.06. The molecule has 0 radical (unpaired) electrons. The van der Waals surface area contributed by atoms with Gasteiger partial charge in [-0.15, -0.1) is 0 Å². The Labute approximate surface area is 82.4 Å². The van der Waals surface area contributed by atoms with Crippen molar-refractivity contribution in [2.45, 2.75) is 19.8 Å². The summed E-state index contributed by atoms with van der Waals surface area (Å²) in [6, 6.07) is 6.01. The number of aryl methyl sites for hydroxylation is 1. The van der Waals surface area contributed by atoms with Crippen molar-refractivity contribution in [3.63, 3.8) is 0 Å². The third-order valence-electron chi connectivity index (χ3n) is 2.59. The van der Waals surface area contributed by atoms with Gasteiger partial charge in [-0.1, -0.05) is 26.0 Å². The molecule has 1 N–H and O–H groups in total. The molecular weight excluding hydrogens is 176 g/mol. The summed E-state index contributed by atoms with van der Waals surface area (Å²) in [4.78, 5) is 14.3. The molecule has 3 heteroatoms. The molecule has 0 aliphatic carbocycles. The van der Waals surface area contributed by atoms with E-state index in [4.69, 9.17) is 0 Å². The summed E-state index contributed by atoms with van der Waals surface area (Å²) >= 11 is 0. The van der Waals surface area contributed by atoms with Gasteiger partial charge in [0.1, 0.15) is 0 Å². The summed E-state index contributed by atoms with van der Waals surface area (Å²) in [7, 11) is 1.78. The molecule has 3 nitrogen and oxygen atoms in total. The molecule has 0 amide bonds. The van der Waals surface area contributed by atoms with E-state index >= 15 is 0 Å². The van der Waals surface area contributed by atoms with Crippen molar-refractivity contribution >= 4 is 11.0 Å². The number of benzene rings is 1. The minimum absolute atomic E-state index is 0.0481. The molecule has 0 bridgehead atoms. The number of aromatic amines is 1. The first-order chi connectivity index (χ1) is 6.61. The first-order valence-corrected chi connectivity index (χ1v) is 4.79. The lowest BCUT2D eigenvalue weighted by atomic mass is 10.0. The first-order valence-electron chi connectivity index (χ1n) is 4.79. The van der Waals surface area contributed by atoms with Gasteiger partial charge in [0.15, 0.2) is 0 Å². The summed E-state index contributed by atoms with van der Waals surface area (Å²) in [5.74, 6) is 0.428. The molecule has 1 heterocycles. The highest BCUT2D eigenvalue weighted by Gasteiger charge is 2.09. The van der Waals surface area contributed by atoms with Gasteiger partial charge in [0.05, 0.1) is 11.0 Å². The Morgan fingerprint density at radius 2 is 2.07 bits per heavy atom. The molecule has 0 spiro atoms. The van der Waals surface area contributed by atoms with E-state index in [1.54, 1.807) is 11.6 Å². The highest BCUT2D eigenvalue weighted by atomic mass is 16.1. The van der Waals surface area contributed by atoms with E-state index in [2.05, 4.69) is 24.9 Å². The molecule has 2 rings (SSSR count). The van der Waals surface area contributed by atoms with Gasteiger partial charge in [0.2, 0.25) is 0 Å². The number of hydrogen-bond donors (Lipinski definition) is 1. The van der Waals surface area contributed by atoms with E-state index in [0.29, 0.717) is 5.92 Å². The summed E-state index contributed by atoms with van der Waals surface area (Å²) in [5.41, 5.74) is 3.09. The molecule has 0 saturated carbocycles. The molecule has 14 heavy (non-hydrogen) atoms. The fourth-order valence-electron chi connectivity index (χ4n) is 1.75. The van der Waals surface area contributed by atoms with Gasteiger partial charge in [0, 0.05) is 7.05 Å². The van der Waals surface area contributed by atoms with E-state index < -0.39 is 0 Å². The van der Waals surface area contributed by atoms with Crippen molar-refractivity contribution in [2.24, 2.45) is 7.05 Å². The maximum Gasteiger partial charge on any atom is 0.326 e. The summed E-state index contributed by atoms with van der Waals surface area (Å²) < 4.78 is 1.64. The van der Waals surface area contributed by atoms with Crippen molar-refractivity contribution in [1.82, 2.24) is 9.55 Å². The molecule has 1 aromatic heterocycles. The molecule has 1 aromatic carbocycles. The van der Waals surface area contributed by atoms with Gasteiger partial charge in [-0.3, -0.25) is 4.57 Å². The van der Waals surface area contributed by atoms with Crippen LogP contribution in [0, 0.1) is 0 Å². The third-order valence-corrected chi connectivity index (χ3v) is 2.59. The molecule has 0 saturated heterocycles. The largest absolute Gasteiger partial charge is 0.326 e. The van der Waals surface area contributed by atoms with Crippen LogP contribution in [0.2, 0.25) is 0 Å². The SMILES string of the molecule is CC(C)c1cccc2c1[nH]c(=O)n2C. The average molecular weight is 190 g/mol. The quantitative estimate of drug-likeness (QED) is 0.733. The smallest absolute Gasteiger partial charge is 0.305 e. The van der Waals surface area contributed by atoms with Gasteiger partial charge in [-0.25, -0.2) is 4.79 Å². The Balaban J connectivity index is 2.88. The zero-order chi connectivity index (χ0) is 10.3. The van der Waals surface area contributed by atoms with E-state index in [1.807, 2.05) is 12.1 Å². The monoisotopic (exact) mass is 190 g/mol. The molecule has 0 aliphatic heterocycles. The summed E-state index contributed by atoms with van der Waals surface area (Å²) in [5, 5.41) is 0. The Morgan fingerprint density at radius 3 is 2.71 bits per heavy atom. The van der Waals surface area contributed by atoms with Crippen LogP contribution in [0.1, 0.15) is 25.3 Å². The van der Waals surface area contributed by atoms with Crippen LogP contribution in [0.3, 0.4) is 0 Å². The molecule has 0 unspecified atom stereocenters. The standard InChI is InChI=1S/C11H14N2O/c1-7(2)8-5-4-6-9-10(8)12-11(14)13(9)3/h4-7H,1-3H3,(H,12,14). The van der Waals surface area contributed by atoms with E-state index in [1.165, 1.54) is 5.56 Å². The predicted octanol–water partition coefficient (Wildman–Crippen LogP) is 1.99. The lowest BCUT2D eigenvalue weighted by Gasteiger charge is -2.05. The summed E-state index contributed by atoms with van der Waals surface area (Å²) in [6.07, 6.45) is 0. The highest BCUT2D eigenvalue weighted by molar-refractivity contribution is 5.79. The lowest BCUT2D eigenvalue weighted by Crippen LogP contribution is -2.11. The second-order valence-corrected chi connectivity index (χ2v) is 3.89. The van der Waals surface area contributed by atoms with Gasteiger partial charge < -0.3 is 4.98 Å². The number of aromatic nitrogens is 2. The minimum Gasteiger partial charge on any atom is -0.305 e. The number of para-hydroxylation sites is 1. The zero-order valence-corrected chi connectivity index (χ0v) is 8.66. The summed E-state index contributed by atoms with van der Waals surface area (Å²) in [6.45, 7) is 4.25. The number of imidazole rings is 1. The fraction of sp³-hybridized carbons (Fsp3) is 0.364. The third kappa shape index (κ3) is 1.16. The number of hydrogen-bond acceptors (Lipinski definition) is 1. The topological polar surface area (TPSA) is 37.8 Å². The van der Waals surface area contributed by atoms with Crippen LogP contribution in [-0.4, -0.2) is 9.55 Å². The molecular formula is C11H14N2O. The van der Waals surface area contributed by atoms with Crippen molar-refractivity contribution in [1.29, 1.82) is 0 Å². The van der Waals surface area contributed by atoms with Gasteiger partial charge in [0.25, 0.3) is 0 Å². The van der Waals surface area contributed by atoms with Crippen LogP contribution in [-0.2, 0) is 7.05 Å². The van der Waals surface area contributed by atoms with Crippen molar-refractivity contribution in [3.05, 3.63) is 34.2 Å². The van der Waals surface area contributed by atoms with Crippen LogP contribution in [0.4, 0.5) is 0 Å². The van der Waals surface area contributed by atoms with E-state index in [-0.39, 0.29) is 5.69 Å². The van der Waals surface area contributed by atoms with E-state index in [0.717, 1.165) is 11.0 Å². The number of H-pyrrole nitrogens is 1. The van der Waals surface area contributed by atoms with Crippen LogP contribution in [0.5, 0.6) is 0 Å². The Morgan fingerprint density at radius 1 is 1.36 bits per heavy atom. The van der Waals surface area contributed by atoms with Crippen LogP contribution >= 0.6 is 0 Å². The number of nitrogens with one attached hydrogen (secondary N) is 1. The van der Waals surface area contributed by atoms with Gasteiger partial charge in [-0.05, 0) is 17.5 Å². The van der Waals surface area contributed by atoms with Crippen molar-refractivity contribution < 1.29 is 0 Å². The zero-order valence-electron chi connectivity index (χ0n) is 8.66. The predicted molar refractivity (Wildman–Crippen MR) is 57.6 cm³/mol. The van der Waals surface area contributed by atoms with Gasteiger partial charge in [-0.2, -0.15) is 0 Å². The molecule has 2 aromatic rings. The van der Waals surface area contributed by atoms with Crippen molar-refractivity contribution in [3.8, 4) is 0 Å². The van der Waals surface area contributed by atoms with Crippen molar-refractivity contribution in [2.75, 3.05) is 0 Å². The minimum atomic E-state index is -0.0481. The maximum absolute atomic E-state index is 11.4. The Hall–Kier alpha value is -1.51. The maximum atomic E-state index is 11.4. The molecule has 74 valence electrons. The lowest BCUT2D eigenvalue weighted by molar-refractivity contribution is 0.873. The second-order valence-electron chi connectivity index (χ2n) is 3.89. The Kier molecular flexibility index (Phi) is 1.95. The number of nitrogens with zero attached hydrogens (tertiary/aromatic N) is 1. The molecule has 0 atom stereocenters. The average Bonchev–Trinajstić information content (AvgIpc) is 2.43. The van der Waals surface area contributed by atoms with Crippen LogP contribution < -0.4 is 5.69 Å². The molecule has 0 fully saturated rings. The van der Waals surface area contributed by atoms with Crippen LogP contribution in [0.15, 0.2) is 23.0 Å². The fourth-order valence-corrected chi connectivity index (χ4v) is 1.75. The number of rotatable bonds is 1. The second kappa shape index (κ2) is 3.01. The molecule has 0 aliphatic rings. The Bertz CT molecular complexity index is 520. The highest BCUT2D eigenvalue weighted by Crippen LogP contribution is 2.22. The van der Waals surface area contributed by atoms with Gasteiger partial charge >= 0.3 is 5.69 Å². The van der Waals surface area contributed by atoms with Crippen LogP contribution in [0.25, 0.3) is 11.0 Å². The number of fused-ring (bicyclic) bond motifs is 1.